The first-order valence-corrected chi connectivity index (χ1v) is 18.2. The van der Waals surface area contributed by atoms with E-state index in [1.165, 1.54) is 23.5 Å². The lowest BCUT2D eigenvalue weighted by Crippen LogP contribution is -2.28. The van der Waals surface area contributed by atoms with Crippen molar-refractivity contribution in [3.05, 3.63) is 164 Å². The summed E-state index contributed by atoms with van der Waals surface area (Å²) >= 11 is 1.49. The molecular formula is C41H27F3N2O3S2. The molecule has 8 aromatic rings. The molecule has 0 amide bonds. The molecule has 8 rings (SSSR count). The number of halogens is 3. The largest absolute Gasteiger partial charge is 0.534 e. The van der Waals surface area contributed by atoms with Gasteiger partial charge >= 0.3 is 15.6 Å². The zero-order valence-electron chi connectivity index (χ0n) is 26.7. The number of para-hydroxylation sites is 4. The zero-order valence-corrected chi connectivity index (χ0v) is 28.3. The van der Waals surface area contributed by atoms with Crippen molar-refractivity contribution < 1.29 is 25.8 Å². The van der Waals surface area contributed by atoms with Gasteiger partial charge in [0.25, 0.3) is 0 Å². The smallest absolute Gasteiger partial charge is 0.376 e. The Bertz CT molecular complexity index is 2540. The quantitative estimate of drug-likeness (QED) is 0.116. The van der Waals surface area contributed by atoms with E-state index in [9.17, 15) is 21.6 Å². The number of hydrogen-bond acceptors (Lipinski definition) is 6. The number of benzene rings is 7. The van der Waals surface area contributed by atoms with Crippen LogP contribution in [-0.2, 0) is 10.1 Å². The summed E-state index contributed by atoms with van der Waals surface area (Å²) < 4.78 is 72.6. The standard InChI is InChI=1S/C41H27F3N2O3S2/c42-41(43,44)51(47,48)49-32-25-35-36-27-37(45(28-15-5-1-6-16-28)29-17-7-2-8-18-29)33-23-13-14-24-34(33)39(36)50-40(35)38(26-32)46(30-19-9-3-10-20-30)31-21-11-4-12-22-31/h1-27H. The Balaban J connectivity index is 1.48. The van der Waals surface area contributed by atoms with Crippen LogP contribution in [-0.4, -0.2) is 13.9 Å². The number of alkyl halides is 3. The van der Waals surface area contributed by atoms with Crippen molar-refractivity contribution >= 4 is 86.5 Å². The lowest BCUT2D eigenvalue weighted by molar-refractivity contribution is -0.0500. The van der Waals surface area contributed by atoms with Gasteiger partial charge in [0.15, 0.2) is 0 Å². The Labute approximate surface area is 296 Å². The van der Waals surface area contributed by atoms with Gasteiger partial charge < -0.3 is 14.0 Å². The molecule has 0 saturated heterocycles. The predicted molar refractivity (Wildman–Crippen MR) is 202 cm³/mol. The molecule has 0 spiro atoms. The highest BCUT2D eigenvalue weighted by atomic mass is 32.2. The predicted octanol–water partition coefficient (Wildman–Crippen LogP) is 12.4. The van der Waals surface area contributed by atoms with Crippen molar-refractivity contribution in [3.63, 3.8) is 0 Å². The molecule has 0 fully saturated rings. The van der Waals surface area contributed by atoms with Crippen LogP contribution in [0.2, 0.25) is 0 Å². The van der Waals surface area contributed by atoms with Gasteiger partial charge in [-0.1, -0.05) is 97.1 Å². The van der Waals surface area contributed by atoms with Crippen LogP contribution in [0.4, 0.5) is 47.3 Å². The monoisotopic (exact) mass is 716 g/mol. The number of rotatable bonds is 8. The molecule has 5 nitrogen and oxygen atoms in total. The van der Waals surface area contributed by atoms with Gasteiger partial charge in [-0.15, -0.1) is 11.3 Å². The van der Waals surface area contributed by atoms with Crippen LogP contribution in [0.25, 0.3) is 30.9 Å². The van der Waals surface area contributed by atoms with Gasteiger partial charge in [0, 0.05) is 55.1 Å². The molecule has 1 aromatic heterocycles. The molecule has 0 aliphatic carbocycles. The van der Waals surface area contributed by atoms with Gasteiger partial charge in [-0.3, -0.25) is 0 Å². The molecule has 0 aliphatic heterocycles. The fraction of sp³-hybridized carbons (Fsp3) is 0.0244. The highest BCUT2D eigenvalue weighted by Gasteiger charge is 2.48. The van der Waals surface area contributed by atoms with Crippen molar-refractivity contribution in [1.82, 2.24) is 0 Å². The van der Waals surface area contributed by atoms with E-state index in [1.54, 1.807) is 0 Å². The summed E-state index contributed by atoms with van der Waals surface area (Å²) in [5.74, 6) is -0.455. The number of fused-ring (bicyclic) bond motifs is 5. The third kappa shape index (κ3) is 5.92. The maximum atomic E-state index is 13.7. The molecule has 0 N–H and O–H groups in total. The number of nitrogens with zero attached hydrogens (tertiary/aromatic N) is 2. The molecular weight excluding hydrogens is 690 g/mol. The third-order valence-corrected chi connectivity index (χ3v) is 10.8. The molecule has 0 radical (unpaired) electrons. The third-order valence-electron chi connectivity index (χ3n) is 8.54. The molecule has 252 valence electrons. The summed E-state index contributed by atoms with van der Waals surface area (Å²) in [6, 6.07) is 51.4. The topological polar surface area (TPSA) is 49.9 Å². The van der Waals surface area contributed by atoms with E-state index in [-0.39, 0.29) is 0 Å². The van der Waals surface area contributed by atoms with E-state index in [0.717, 1.165) is 54.0 Å². The Kier molecular flexibility index (Phi) is 8.13. The van der Waals surface area contributed by atoms with Crippen LogP contribution in [0.15, 0.2) is 164 Å². The maximum absolute atomic E-state index is 13.7. The lowest BCUT2D eigenvalue weighted by atomic mass is 10.0. The van der Waals surface area contributed by atoms with Crippen molar-refractivity contribution in [3.8, 4) is 5.75 Å². The highest BCUT2D eigenvalue weighted by molar-refractivity contribution is 7.88. The van der Waals surface area contributed by atoms with Crippen molar-refractivity contribution in [2.45, 2.75) is 5.51 Å². The maximum Gasteiger partial charge on any atom is 0.534 e. The van der Waals surface area contributed by atoms with Gasteiger partial charge in [-0.2, -0.15) is 21.6 Å². The van der Waals surface area contributed by atoms with Crippen LogP contribution in [0, 0.1) is 0 Å². The van der Waals surface area contributed by atoms with Crippen LogP contribution in [0.3, 0.4) is 0 Å². The molecule has 0 bridgehead atoms. The second-order valence-electron chi connectivity index (χ2n) is 11.7. The highest BCUT2D eigenvalue weighted by Crippen LogP contribution is 2.51. The summed E-state index contributed by atoms with van der Waals surface area (Å²) in [4.78, 5) is 4.04. The molecule has 0 aliphatic rings. The normalized spacial score (nSPS) is 12.0. The SMILES string of the molecule is O=S(=O)(Oc1cc(N(c2ccccc2)c2ccccc2)c2sc3c4ccccc4c(N(c4ccccc4)c4ccccc4)cc3c2c1)C(F)(F)F. The first kappa shape index (κ1) is 32.4. The van der Waals surface area contributed by atoms with Crippen LogP contribution in [0.5, 0.6) is 5.75 Å². The Morgan fingerprint density at radius 1 is 0.471 bits per heavy atom. The van der Waals surface area contributed by atoms with Gasteiger partial charge in [-0.25, -0.2) is 0 Å². The number of thiophene rings is 1. The van der Waals surface area contributed by atoms with Gasteiger partial charge in [0.05, 0.1) is 16.1 Å². The average Bonchev–Trinajstić information content (AvgIpc) is 3.52. The molecule has 7 aromatic carbocycles. The number of hydrogen-bond donors (Lipinski definition) is 0. The Hall–Kier alpha value is -5.84. The minimum absolute atomic E-state index is 0.455. The molecule has 0 atom stereocenters. The van der Waals surface area contributed by atoms with Crippen LogP contribution >= 0.6 is 11.3 Å². The second-order valence-corrected chi connectivity index (χ2v) is 14.3. The van der Waals surface area contributed by atoms with E-state index < -0.39 is 21.4 Å². The summed E-state index contributed by atoms with van der Waals surface area (Å²) in [6.45, 7) is 0. The van der Waals surface area contributed by atoms with Crippen molar-refractivity contribution in [1.29, 1.82) is 0 Å². The summed E-state index contributed by atoms with van der Waals surface area (Å²) in [7, 11) is -5.98. The van der Waals surface area contributed by atoms with Crippen molar-refractivity contribution in [2.24, 2.45) is 0 Å². The van der Waals surface area contributed by atoms with Crippen LogP contribution < -0.4 is 14.0 Å². The van der Waals surface area contributed by atoms with E-state index in [4.69, 9.17) is 4.18 Å². The van der Waals surface area contributed by atoms with Gasteiger partial charge in [0.1, 0.15) is 5.75 Å². The van der Waals surface area contributed by atoms with E-state index >= 15 is 0 Å². The fourth-order valence-electron chi connectivity index (χ4n) is 6.37. The lowest BCUT2D eigenvalue weighted by Gasteiger charge is -2.27. The second kappa shape index (κ2) is 12.8. The van der Waals surface area contributed by atoms with E-state index in [0.29, 0.717) is 11.1 Å². The first-order valence-electron chi connectivity index (χ1n) is 15.9. The zero-order chi connectivity index (χ0) is 35.2. The molecule has 0 saturated carbocycles. The Morgan fingerprint density at radius 2 is 0.882 bits per heavy atom. The van der Waals surface area contributed by atoms with Crippen molar-refractivity contribution in [2.75, 3.05) is 9.80 Å². The summed E-state index contributed by atoms with van der Waals surface area (Å²) in [5.41, 5.74) is -1.04. The summed E-state index contributed by atoms with van der Waals surface area (Å²) in [6.07, 6.45) is 0. The summed E-state index contributed by atoms with van der Waals surface area (Å²) in [5, 5.41) is 3.18. The minimum Gasteiger partial charge on any atom is -0.376 e. The molecule has 1 heterocycles. The average molecular weight is 717 g/mol. The first-order chi connectivity index (χ1) is 24.7. The van der Waals surface area contributed by atoms with Gasteiger partial charge in [-0.05, 0) is 60.7 Å². The van der Waals surface area contributed by atoms with Gasteiger partial charge in [0.2, 0.25) is 0 Å². The van der Waals surface area contributed by atoms with E-state index in [2.05, 4.69) is 11.0 Å². The molecule has 51 heavy (non-hydrogen) atoms. The molecule has 10 heteroatoms. The number of anilines is 6. The fourth-order valence-corrected chi connectivity index (χ4v) is 8.12. The van der Waals surface area contributed by atoms with E-state index in [1.807, 2.05) is 150 Å². The Morgan fingerprint density at radius 3 is 1.35 bits per heavy atom. The minimum atomic E-state index is -5.98. The van der Waals surface area contributed by atoms with Crippen LogP contribution in [0.1, 0.15) is 0 Å². The molecule has 0 unspecified atom stereocenters.